The first-order chi connectivity index (χ1) is 20.5. The normalized spacial score (nSPS) is 17.5. The van der Waals surface area contributed by atoms with Gasteiger partial charge in [0.15, 0.2) is 0 Å². The molecule has 0 atom stereocenters. The summed E-state index contributed by atoms with van der Waals surface area (Å²) in [5.74, 6) is 0. The van der Waals surface area contributed by atoms with Gasteiger partial charge in [0.1, 0.15) is 0 Å². The van der Waals surface area contributed by atoms with E-state index in [9.17, 15) is 0 Å². The van der Waals surface area contributed by atoms with Gasteiger partial charge in [-0.05, 0) is 76.4 Å². The fraction of sp³-hybridized carbons (Fsp3) is 0.100. The molecule has 0 amide bonds. The third-order valence-corrected chi connectivity index (χ3v) is 9.14. The topological polar surface area (TPSA) is 8.17 Å². The number of hydrogen-bond donors (Lipinski definition) is 0. The lowest BCUT2D eigenvalue weighted by Gasteiger charge is -2.26. The van der Waals surface area contributed by atoms with Crippen molar-refractivity contribution in [2.24, 2.45) is 0 Å². The molecule has 0 unspecified atom stereocenters. The lowest BCUT2D eigenvalue weighted by molar-refractivity contribution is 0.661. The third-order valence-electron chi connectivity index (χ3n) is 9.14. The molecule has 1 aliphatic heterocycles. The highest BCUT2D eigenvalue weighted by atomic mass is 15.1. The first-order valence-electron chi connectivity index (χ1n) is 14.7. The van der Waals surface area contributed by atoms with Gasteiger partial charge in [-0.25, -0.2) is 0 Å². The fourth-order valence-corrected chi connectivity index (χ4v) is 7.09. The molecule has 0 bridgehead atoms. The largest absolute Gasteiger partial charge is 0.337 e. The number of benzene rings is 5. The van der Waals surface area contributed by atoms with Crippen LogP contribution in [-0.2, 0) is 5.41 Å². The SMILES string of the molecule is C=C1/C=C(n2c3ccccc3c3cc4c(cc32)C(C)(C)c2ccccc2-4)\C=C/CN(c2ccccc2)c2ccccc21. The van der Waals surface area contributed by atoms with Crippen LogP contribution in [0.5, 0.6) is 0 Å². The van der Waals surface area contributed by atoms with Gasteiger partial charge in [0.25, 0.3) is 0 Å². The van der Waals surface area contributed by atoms with Crippen molar-refractivity contribution in [3.05, 3.63) is 157 Å². The van der Waals surface area contributed by atoms with Gasteiger partial charge in [0.2, 0.25) is 0 Å². The van der Waals surface area contributed by atoms with Crippen LogP contribution in [0.25, 0.3) is 44.2 Å². The van der Waals surface area contributed by atoms with Crippen LogP contribution in [0, 0.1) is 0 Å². The molecule has 2 heteroatoms. The quantitative estimate of drug-likeness (QED) is 0.212. The van der Waals surface area contributed by atoms with Crippen molar-refractivity contribution in [1.82, 2.24) is 4.57 Å². The van der Waals surface area contributed by atoms with Crippen LogP contribution in [0.2, 0.25) is 0 Å². The Kier molecular flexibility index (Phi) is 5.42. The number of para-hydroxylation sites is 3. The molecule has 202 valence electrons. The summed E-state index contributed by atoms with van der Waals surface area (Å²) in [6, 6.07) is 41.8. The van der Waals surface area contributed by atoms with E-state index in [-0.39, 0.29) is 5.41 Å². The maximum absolute atomic E-state index is 4.60. The molecule has 0 N–H and O–H groups in total. The molecular formula is C40H32N2. The molecule has 1 aromatic heterocycles. The van der Waals surface area contributed by atoms with Crippen molar-refractivity contribution in [3.8, 4) is 11.1 Å². The van der Waals surface area contributed by atoms with Gasteiger partial charge in [0.05, 0.1) is 11.0 Å². The van der Waals surface area contributed by atoms with Gasteiger partial charge >= 0.3 is 0 Å². The molecule has 0 saturated heterocycles. The molecule has 1 aliphatic carbocycles. The van der Waals surface area contributed by atoms with Gasteiger partial charge in [-0.15, -0.1) is 0 Å². The molecular weight excluding hydrogens is 508 g/mol. The zero-order valence-corrected chi connectivity index (χ0v) is 24.0. The summed E-state index contributed by atoms with van der Waals surface area (Å²) in [4.78, 5) is 2.37. The van der Waals surface area contributed by atoms with Crippen molar-refractivity contribution in [3.63, 3.8) is 0 Å². The third kappa shape index (κ3) is 3.58. The van der Waals surface area contributed by atoms with E-state index in [1.54, 1.807) is 0 Å². The minimum absolute atomic E-state index is 0.0667. The highest BCUT2D eigenvalue weighted by Gasteiger charge is 2.36. The Morgan fingerprint density at radius 2 is 1.36 bits per heavy atom. The molecule has 42 heavy (non-hydrogen) atoms. The molecule has 0 fully saturated rings. The van der Waals surface area contributed by atoms with Crippen LogP contribution in [0.1, 0.15) is 30.5 Å². The van der Waals surface area contributed by atoms with Crippen LogP contribution in [0.15, 0.2) is 140 Å². The first kappa shape index (κ1) is 24.7. The van der Waals surface area contributed by atoms with E-state index in [0.717, 1.165) is 29.1 Å². The van der Waals surface area contributed by atoms with E-state index in [1.165, 1.54) is 49.7 Å². The Hall–Kier alpha value is -5.08. The summed E-state index contributed by atoms with van der Waals surface area (Å²) in [6.07, 6.45) is 6.80. The van der Waals surface area contributed by atoms with Gasteiger partial charge in [-0.1, -0.05) is 105 Å². The predicted octanol–water partition coefficient (Wildman–Crippen LogP) is 10.4. The average Bonchev–Trinajstić information content (AvgIpc) is 3.48. The second kappa shape index (κ2) is 9.22. The number of anilines is 2. The molecule has 5 aromatic carbocycles. The minimum Gasteiger partial charge on any atom is -0.337 e. The molecule has 2 nitrogen and oxygen atoms in total. The summed E-state index contributed by atoms with van der Waals surface area (Å²) in [5.41, 5.74) is 13.4. The summed E-state index contributed by atoms with van der Waals surface area (Å²) in [7, 11) is 0. The predicted molar refractivity (Wildman–Crippen MR) is 179 cm³/mol. The standard InChI is InChI=1S/C40H32N2/c1-27-24-29(16-13-23-41(28-14-5-4-6-15-28)37-21-11-8-17-30(27)37)42-38-22-12-9-19-32(38)34-25-33-31-18-7-10-20-35(31)40(2,3)36(33)26-39(34)42/h4-22,24-26H,1,23H2,2-3H3/b16-13-,29-24+. The monoisotopic (exact) mass is 540 g/mol. The van der Waals surface area contributed by atoms with E-state index < -0.39 is 0 Å². The van der Waals surface area contributed by atoms with Gasteiger partial charge < -0.3 is 9.47 Å². The highest BCUT2D eigenvalue weighted by molar-refractivity contribution is 6.13. The maximum Gasteiger partial charge on any atom is 0.0544 e. The van der Waals surface area contributed by atoms with E-state index in [0.29, 0.717) is 0 Å². The van der Waals surface area contributed by atoms with Gasteiger partial charge in [-0.2, -0.15) is 0 Å². The van der Waals surface area contributed by atoms with E-state index >= 15 is 0 Å². The zero-order valence-electron chi connectivity index (χ0n) is 24.0. The Morgan fingerprint density at radius 3 is 2.21 bits per heavy atom. The highest BCUT2D eigenvalue weighted by Crippen LogP contribution is 2.51. The number of rotatable bonds is 2. The number of nitrogens with zero attached hydrogens (tertiary/aromatic N) is 2. The number of allylic oxidation sites excluding steroid dienone is 4. The smallest absolute Gasteiger partial charge is 0.0544 e. The van der Waals surface area contributed by atoms with E-state index in [2.05, 4.69) is 163 Å². The Morgan fingerprint density at radius 1 is 0.643 bits per heavy atom. The second-order valence-electron chi connectivity index (χ2n) is 11.9. The van der Waals surface area contributed by atoms with E-state index in [1.807, 2.05) is 0 Å². The first-order valence-corrected chi connectivity index (χ1v) is 14.7. The molecule has 6 aromatic rings. The Bertz CT molecular complexity index is 2100. The maximum atomic E-state index is 4.60. The lowest BCUT2D eigenvalue weighted by atomic mass is 9.82. The average molecular weight is 541 g/mol. The molecule has 8 rings (SSSR count). The zero-order chi connectivity index (χ0) is 28.4. The van der Waals surface area contributed by atoms with Crippen LogP contribution >= 0.6 is 0 Å². The summed E-state index contributed by atoms with van der Waals surface area (Å²) >= 11 is 0. The van der Waals surface area contributed by atoms with Gasteiger partial charge in [-0.3, -0.25) is 0 Å². The summed E-state index contributed by atoms with van der Waals surface area (Å²) in [5, 5.41) is 2.55. The van der Waals surface area contributed by atoms with Crippen LogP contribution in [0.4, 0.5) is 11.4 Å². The lowest BCUT2D eigenvalue weighted by Crippen LogP contribution is -2.18. The van der Waals surface area contributed by atoms with Crippen molar-refractivity contribution in [2.45, 2.75) is 19.3 Å². The Labute approximate surface area is 247 Å². The number of hydrogen-bond acceptors (Lipinski definition) is 1. The molecule has 0 saturated carbocycles. The number of aromatic nitrogens is 1. The van der Waals surface area contributed by atoms with Crippen molar-refractivity contribution >= 4 is 44.5 Å². The second-order valence-corrected chi connectivity index (χ2v) is 11.9. The molecule has 2 aliphatic rings. The minimum atomic E-state index is -0.0667. The fourth-order valence-electron chi connectivity index (χ4n) is 7.09. The van der Waals surface area contributed by atoms with Crippen molar-refractivity contribution in [2.75, 3.05) is 11.4 Å². The van der Waals surface area contributed by atoms with Crippen molar-refractivity contribution in [1.29, 1.82) is 0 Å². The van der Waals surface area contributed by atoms with Crippen molar-refractivity contribution < 1.29 is 0 Å². The van der Waals surface area contributed by atoms with Crippen LogP contribution < -0.4 is 4.90 Å². The summed E-state index contributed by atoms with van der Waals surface area (Å²) < 4.78 is 2.44. The van der Waals surface area contributed by atoms with E-state index in [4.69, 9.17) is 0 Å². The van der Waals surface area contributed by atoms with Gasteiger partial charge in [0, 0.05) is 45.4 Å². The molecule has 0 spiro atoms. The number of fused-ring (bicyclic) bond motifs is 7. The summed E-state index contributed by atoms with van der Waals surface area (Å²) in [6.45, 7) is 10.1. The van der Waals surface area contributed by atoms with Crippen LogP contribution in [-0.4, -0.2) is 11.1 Å². The van der Waals surface area contributed by atoms with Crippen LogP contribution in [0.3, 0.4) is 0 Å². The Balaban J connectivity index is 1.37. The molecule has 0 radical (unpaired) electrons. The molecule has 2 heterocycles.